The molecule has 4 heteroatoms. The lowest BCUT2D eigenvalue weighted by atomic mass is 10.1. The molecule has 1 aromatic carbocycles. The van der Waals surface area contributed by atoms with E-state index in [1.807, 2.05) is 17.2 Å². The van der Waals surface area contributed by atoms with Crippen LogP contribution in [0.15, 0.2) is 18.2 Å². The number of nitrogens with zero attached hydrogens (tertiary/aromatic N) is 1. The Morgan fingerprint density at radius 2 is 2.33 bits per heavy atom. The highest BCUT2D eigenvalue weighted by atomic mass is 32.2. The number of benzene rings is 1. The minimum atomic E-state index is -0.371. The third kappa shape index (κ3) is 2.70. The molecule has 18 heavy (non-hydrogen) atoms. The van der Waals surface area contributed by atoms with Gasteiger partial charge in [0.1, 0.15) is 0 Å². The van der Waals surface area contributed by atoms with Crippen molar-refractivity contribution in [2.24, 2.45) is 5.73 Å². The van der Waals surface area contributed by atoms with Gasteiger partial charge in [-0.3, -0.25) is 4.79 Å². The van der Waals surface area contributed by atoms with Gasteiger partial charge in [0.25, 0.3) is 0 Å². The quantitative estimate of drug-likeness (QED) is 0.904. The van der Waals surface area contributed by atoms with Crippen molar-refractivity contribution in [3.63, 3.8) is 0 Å². The van der Waals surface area contributed by atoms with Crippen molar-refractivity contribution < 1.29 is 4.79 Å². The number of fused-ring (bicyclic) bond motifs is 1. The number of rotatable bonds is 4. The molecule has 0 unspecified atom stereocenters. The number of carbonyl (C=O) groups excluding carboxylic acids is 1. The van der Waals surface area contributed by atoms with Gasteiger partial charge in [0, 0.05) is 12.2 Å². The van der Waals surface area contributed by atoms with Crippen LogP contribution in [0.1, 0.15) is 17.5 Å². The largest absolute Gasteiger partial charge is 0.320 e. The predicted molar refractivity (Wildman–Crippen MR) is 78.2 cm³/mol. The van der Waals surface area contributed by atoms with Crippen LogP contribution in [0, 0.1) is 6.92 Å². The van der Waals surface area contributed by atoms with Gasteiger partial charge in [-0.15, -0.1) is 0 Å². The van der Waals surface area contributed by atoms with E-state index in [0.29, 0.717) is 0 Å². The summed E-state index contributed by atoms with van der Waals surface area (Å²) in [7, 11) is 0. The van der Waals surface area contributed by atoms with E-state index in [4.69, 9.17) is 5.73 Å². The van der Waals surface area contributed by atoms with Gasteiger partial charge in [0.05, 0.1) is 6.04 Å². The molecular weight excluding hydrogens is 244 g/mol. The minimum absolute atomic E-state index is 0.0617. The maximum atomic E-state index is 12.3. The van der Waals surface area contributed by atoms with Crippen molar-refractivity contribution in [1.29, 1.82) is 0 Å². The summed E-state index contributed by atoms with van der Waals surface area (Å²) in [5, 5.41) is 0. The van der Waals surface area contributed by atoms with E-state index in [1.165, 1.54) is 11.1 Å². The van der Waals surface area contributed by atoms with Crippen LogP contribution in [0.25, 0.3) is 0 Å². The second kappa shape index (κ2) is 5.76. The zero-order chi connectivity index (χ0) is 13.1. The third-order valence-corrected chi connectivity index (χ3v) is 3.99. The van der Waals surface area contributed by atoms with E-state index in [1.54, 1.807) is 11.8 Å². The van der Waals surface area contributed by atoms with E-state index in [0.717, 1.165) is 30.8 Å². The van der Waals surface area contributed by atoms with E-state index in [9.17, 15) is 4.79 Å². The maximum Gasteiger partial charge on any atom is 0.243 e. The van der Waals surface area contributed by atoms with Crippen LogP contribution in [-0.2, 0) is 11.2 Å². The van der Waals surface area contributed by atoms with Crippen LogP contribution < -0.4 is 10.6 Å². The highest BCUT2D eigenvalue weighted by Gasteiger charge is 2.27. The Kier molecular flexibility index (Phi) is 4.30. The molecule has 1 atom stereocenters. The van der Waals surface area contributed by atoms with Crippen molar-refractivity contribution in [1.82, 2.24) is 0 Å². The van der Waals surface area contributed by atoms with Crippen LogP contribution >= 0.6 is 11.8 Å². The van der Waals surface area contributed by atoms with Gasteiger partial charge in [-0.2, -0.15) is 11.8 Å². The smallest absolute Gasteiger partial charge is 0.243 e. The second-order valence-electron chi connectivity index (χ2n) is 4.76. The summed E-state index contributed by atoms with van der Waals surface area (Å²) in [6.45, 7) is 2.85. The van der Waals surface area contributed by atoms with Crippen LogP contribution in [-0.4, -0.2) is 30.5 Å². The Bertz CT molecular complexity index is 447. The fourth-order valence-corrected chi connectivity index (χ4v) is 2.82. The standard InChI is InChI=1S/C14H20N2OS/c1-10-3-4-13-11(9-10)5-7-16(13)14(17)12(15)6-8-18-2/h3-4,9,12H,5-8,15H2,1-2H3/t12-/m0/s1. The molecule has 1 aliphatic rings. The fraction of sp³-hybridized carbons (Fsp3) is 0.500. The van der Waals surface area contributed by atoms with Gasteiger partial charge in [0.15, 0.2) is 0 Å². The summed E-state index contributed by atoms with van der Waals surface area (Å²) in [6.07, 6.45) is 3.72. The van der Waals surface area contributed by atoms with Gasteiger partial charge in [0.2, 0.25) is 5.91 Å². The van der Waals surface area contributed by atoms with Gasteiger partial charge in [-0.25, -0.2) is 0 Å². The van der Waals surface area contributed by atoms with E-state index in [-0.39, 0.29) is 11.9 Å². The van der Waals surface area contributed by atoms with Crippen LogP contribution in [0.4, 0.5) is 5.69 Å². The average molecular weight is 264 g/mol. The SMILES string of the molecule is CSCC[C@H](N)C(=O)N1CCc2cc(C)ccc21. The molecule has 1 aromatic rings. The fourth-order valence-electron chi connectivity index (χ4n) is 2.33. The minimum Gasteiger partial charge on any atom is -0.320 e. The number of hydrogen-bond donors (Lipinski definition) is 1. The Morgan fingerprint density at radius 3 is 3.06 bits per heavy atom. The Labute approximate surface area is 113 Å². The molecule has 0 saturated carbocycles. The molecule has 0 fully saturated rings. The van der Waals surface area contributed by atoms with E-state index < -0.39 is 0 Å². The lowest BCUT2D eigenvalue weighted by Crippen LogP contribution is -2.43. The molecule has 0 saturated heterocycles. The summed E-state index contributed by atoms with van der Waals surface area (Å²) in [4.78, 5) is 14.1. The molecule has 0 aromatic heterocycles. The highest BCUT2D eigenvalue weighted by Crippen LogP contribution is 2.29. The summed E-state index contributed by atoms with van der Waals surface area (Å²) in [5.41, 5.74) is 9.52. The number of carbonyl (C=O) groups is 1. The lowest BCUT2D eigenvalue weighted by molar-refractivity contribution is -0.119. The first kappa shape index (κ1) is 13.4. The summed E-state index contributed by atoms with van der Waals surface area (Å²) in [6, 6.07) is 5.88. The van der Waals surface area contributed by atoms with Crippen molar-refractivity contribution in [3.8, 4) is 0 Å². The maximum absolute atomic E-state index is 12.3. The topological polar surface area (TPSA) is 46.3 Å². The zero-order valence-electron chi connectivity index (χ0n) is 11.0. The first-order valence-electron chi connectivity index (χ1n) is 6.29. The van der Waals surface area contributed by atoms with Gasteiger partial charge >= 0.3 is 0 Å². The molecule has 0 spiro atoms. The number of hydrogen-bond acceptors (Lipinski definition) is 3. The normalized spacial score (nSPS) is 15.6. The highest BCUT2D eigenvalue weighted by molar-refractivity contribution is 7.98. The molecule has 0 radical (unpaired) electrons. The van der Waals surface area contributed by atoms with Crippen molar-refractivity contribution in [3.05, 3.63) is 29.3 Å². The molecule has 1 amide bonds. The monoisotopic (exact) mass is 264 g/mol. The molecule has 2 N–H and O–H groups in total. The molecule has 1 aliphatic heterocycles. The van der Waals surface area contributed by atoms with E-state index >= 15 is 0 Å². The molecular formula is C14H20N2OS. The number of anilines is 1. The third-order valence-electron chi connectivity index (χ3n) is 3.35. The predicted octanol–water partition coefficient (Wildman–Crippen LogP) is 1.96. The molecule has 0 aliphatic carbocycles. The van der Waals surface area contributed by atoms with Crippen molar-refractivity contribution in [2.45, 2.75) is 25.8 Å². The average Bonchev–Trinajstić information content (AvgIpc) is 2.77. The zero-order valence-corrected chi connectivity index (χ0v) is 11.8. The molecule has 2 rings (SSSR count). The number of thioether (sulfide) groups is 1. The van der Waals surface area contributed by atoms with Gasteiger partial charge in [-0.05, 0) is 43.4 Å². The van der Waals surface area contributed by atoms with Crippen LogP contribution in [0.5, 0.6) is 0 Å². The van der Waals surface area contributed by atoms with Crippen LogP contribution in [0.3, 0.4) is 0 Å². The Hall–Kier alpha value is -1.00. The summed E-state index contributed by atoms with van der Waals surface area (Å²) in [5.74, 6) is 0.994. The first-order valence-corrected chi connectivity index (χ1v) is 7.68. The Morgan fingerprint density at radius 1 is 1.56 bits per heavy atom. The van der Waals surface area contributed by atoms with Crippen LogP contribution in [0.2, 0.25) is 0 Å². The molecule has 1 heterocycles. The summed E-state index contributed by atoms with van der Waals surface area (Å²) < 4.78 is 0. The van der Waals surface area contributed by atoms with E-state index in [2.05, 4.69) is 19.1 Å². The number of nitrogens with two attached hydrogens (primary N) is 1. The lowest BCUT2D eigenvalue weighted by Gasteiger charge is -2.21. The van der Waals surface area contributed by atoms with Gasteiger partial charge < -0.3 is 10.6 Å². The van der Waals surface area contributed by atoms with Gasteiger partial charge in [-0.1, -0.05) is 17.7 Å². The molecule has 3 nitrogen and oxygen atoms in total. The molecule has 0 bridgehead atoms. The number of amides is 1. The van der Waals surface area contributed by atoms with Crippen molar-refractivity contribution in [2.75, 3.05) is 23.5 Å². The molecule has 98 valence electrons. The van der Waals surface area contributed by atoms with Crippen molar-refractivity contribution >= 4 is 23.4 Å². The second-order valence-corrected chi connectivity index (χ2v) is 5.75. The first-order chi connectivity index (χ1) is 8.63. The number of aryl methyl sites for hydroxylation is 1. The summed E-state index contributed by atoms with van der Waals surface area (Å²) >= 11 is 1.73. The Balaban J connectivity index is 2.10.